The Bertz CT molecular complexity index is 1100. The lowest BCUT2D eigenvalue weighted by atomic mass is 10.1. The fraction of sp³-hybridized carbons (Fsp3) is 0.0833. The minimum atomic E-state index is -0.468. The lowest BCUT2D eigenvalue weighted by molar-refractivity contribution is -0.112. The van der Waals surface area contributed by atoms with Crippen LogP contribution in [0.3, 0.4) is 0 Å². The number of ether oxygens (including phenoxy) is 2. The quantitative estimate of drug-likeness (QED) is 0.262. The molecular weight excluding hydrogens is 491 g/mol. The maximum atomic E-state index is 12.6. The molecular formula is C24H19IN2O3. The van der Waals surface area contributed by atoms with Gasteiger partial charge in [0.2, 0.25) is 0 Å². The standard InChI is InChI=1S/C24H19IN2O3/c1-29-22-12-11-18(14-23(22)30-16-17-7-3-2-4-8-17)13-19(15-26)24(28)27-21-10-6-5-9-20(21)25/h2-14H,16H2,1H3,(H,27,28)/b19-13-. The number of nitrogens with one attached hydrogen (secondary N) is 1. The van der Waals surface area contributed by atoms with Crippen LogP contribution in [0.25, 0.3) is 6.08 Å². The van der Waals surface area contributed by atoms with E-state index in [0.717, 1.165) is 9.13 Å². The smallest absolute Gasteiger partial charge is 0.266 e. The summed E-state index contributed by atoms with van der Waals surface area (Å²) in [5.41, 5.74) is 2.34. The van der Waals surface area contributed by atoms with Crippen LogP contribution in [0.2, 0.25) is 0 Å². The number of amides is 1. The fourth-order valence-electron chi connectivity index (χ4n) is 2.70. The predicted octanol–water partition coefficient (Wildman–Crippen LogP) is 5.42. The zero-order chi connectivity index (χ0) is 21.3. The van der Waals surface area contributed by atoms with Gasteiger partial charge in [-0.3, -0.25) is 4.79 Å². The molecule has 0 aromatic heterocycles. The third-order valence-corrected chi connectivity index (χ3v) is 5.16. The summed E-state index contributed by atoms with van der Waals surface area (Å²) >= 11 is 2.13. The third-order valence-electron chi connectivity index (χ3n) is 4.22. The highest BCUT2D eigenvalue weighted by Gasteiger charge is 2.12. The molecule has 0 radical (unpaired) electrons. The molecule has 0 aliphatic carbocycles. The Morgan fingerprint density at radius 2 is 1.80 bits per heavy atom. The lowest BCUT2D eigenvalue weighted by Gasteiger charge is -2.12. The monoisotopic (exact) mass is 510 g/mol. The number of hydrogen-bond acceptors (Lipinski definition) is 4. The molecule has 0 saturated heterocycles. The van der Waals surface area contributed by atoms with Gasteiger partial charge in [-0.25, -0.2) is 0 Å². The van der Waals surface area contributed by atoms with Crippen molar-refractivity contribution in [3.05, 3.63) is 93.1 Å². The Morgan fingerprint density at radius 1 is 1.07 bits per heavy atom. The predicted molar refractivity (Wildman–Crippen MR) is 125 cm³/mol. The maximum absolute atomic E-state index is 12.6. The molecule has 5 nitrogen and oxygen atoms in total. The molecule has 0 fully saturated rings. The molecule has 1 N–H and O–H groups in total. The van der Waals surface area contributed by atoms with Gasteiger partial charge in [0.25, 0.3) is 5.91 Å². The van der Waals surface area contributed by atoms with E-state index in [0.29, 0.717) is 29.4 Å². The fourth-order valence-corrected chi connectivity index (χ4v) is 3.22. The number of carbonyl (C=O) groups is 1. The molecule has 30 heavy (non-hydrogen) atoms. The van der Waals surface area contributed by atoms with Crippen molar-refractivity contribution in [1.82, 2.24) is 0 Å². The van der Waals surface area contributed by atoms with Crippen LogP contribution in [-0.4, -0.2) is 13.0 Å². The maximum Gasteiger partial charge on any atom is 0.266 e. The number of carbonyl (C=O) groups excluding carboxylic acids is 1. The van der Waals surface area contributed by atoms with E-state index in [1.807, 2.05) is 54.6 Å². The summed E-state index contributed by atoms with van der Waals surface area (Å²) in [5, 5.41) is 12.3. The molecule has 0 unspecified atom stereocenters. The molecule has 0 saturated carbocycles. The summed E-state index contributed by atoms with van der Waals surface area (Å²) in [5.74, 6) is 0.638. The minimum Gasteiger partial charge on any atom is -0.493 e. The van der Waals surface area contributed by atoms with Gasteiger partial charge in [-0.15, -0.1) is 0 Å². The number of halogens is 1. The summed E-state index contributed by atoms with van der Waals surface area (Å²) in [7, 11) is 1.57. The number of hydrogen-bond donors (Lipinski definition) is 1. The molecule has 3 aromatic rings. The van der Waals surface area contributed by atoms with E-state index >= 15 is 0 Å². The van der Waals surface area contributed by atoms with Crippen molar-refractivity contribution in [2.75, 3.05) is 12.4 Å². The first-order valence-electron chi connectivity index (χ1n) is 9.13. The van der Waals surface area contributed by atoms with E-state index < -0.39 is 5.91 Å². The summed E-state index contributed by atoms with van der Waals surface area (Å²) in [6.45, 7) is 0.377. The number of nitrogens with zero attached hydrogens (tertiary/aromatic N) is 1. The lowest BCUT2D eigenvalue weighted by Crippen LogP contribution is -2.14. The second-order valence-electron chi connectivity index (χ2n) is 6.29. The normalized spacial score (nSPS) is 10.8. The summed E-state index contributed by atoms with van der Waals surface area (Å²) < 4.78 is 12.2. The first-order chi connectivity index (χ1) is 14.6. The second kappa shape index (κ2) is 10.5. The molecule has 6 heteroatoms. The highest BCUT2D eigenvalue weighted by atomic mass is 127. The van der Waals surface area contributed by atoms with Crippen molar-refractivity contribution in [3.8, 4) is 17.6 Å². The van der Waals surface area contributed by atoms with Gasteiger partial charge in [0, 0.05) is 3.57 Å². The topological polar surface area (TPSA) is 71.3 Å². The van der Waals surface area contributed by atoms with Crippen molar-refractivity contribution in [2.45, 2.75) is 6.61 Å². The van der Waals surface area contributed by atoms with Gasteiger partial charge in [0.1, 0.15) is 18.2 Å². The van der Waals surface area contributed by atoms with Crippen LogP contribution in [0.5, 0.6) is 11.5 Å². The van der Waals surface area contributed by atoms with E-state index in [1.165, 1.54) is 6.08 Å². The Labute approximate surface area is 189 Å². The molecule has 3 rings (SSSR count). The Balaban J connectivity index is 1.81. The van der Waals surface area contributed by atoms with Crippen molar-refractivity contribution in [2.24, 2.45) is 0 Å². The molecule has 0 aliphatic heterocycles. The minimum absolute atomic E-state index is 0.00571. The van der Waals surface area contributed by atoms with Gasteiger partial charge in [0.15, 0.2) is 11.5 Å². The first-order valence-corrected chi connectivity index (χ1v) is 10.2. The largest absolute Gasteiger partial charge is 0.493 e. The summed E-state index contributed by atoms with van der Waals surface area (Å²) in [6.07, 6.45) is 1.53. The zero-order valence-corrected chi connectivity index (χ0v) is 18.4. The molecule has 3 aromatic carbocycles. The number of benzene rings is 3. The number of methoxy groups -OCH3 is 1. The van der Waals surface area contributed by atoms with E-state index in [9.17, 15) is 10.1 Å². The van der Waals surface area contributed by atoms with Crippen LogP contribution in [0, 0.1) is 14.9 Å². The second-order valence-corrected chi connectivity index (χ2v) is 7.45. The molecule has 0 heterocycles. The summed E-state index contributed by atoms with van der Waals surface area (Å²) in [4.78, 5) is 12.6. The third kappa shape index (κ3) is 5.61. The van der Waals surface area contributed by atoms with Crippen molar-refractivity contribution >= 4 is 40.3 Å². The Hall–Kier alpha value is -3.31. The highest BCUT2D eigenvalue weighted by molar-refractivity contribution is 14.1. The van der Waals surface area contributed by atoms with Crippen LogP contribution in [0.4, 0.5) is 5.69 Å². The van der Waals surface area contributed by atoms with Crippen LogP contribution < -0.4 is 14.8 Å². The first kappa shape index (κ1) is 21.4. The van der Waals surface area contributed by atoms with Gasteiger partial charge >= 0.3 is 0 Å². The SMILES string of the molecule is COc1ccc(/C=C(/C#N)C(=O)Nc2ccccc2I)cc1OCc1ccccc1. The van der Waals surface area contributed by atoms with Gasteiger partial charge < -0.3 is 14.8 Å². The molecule has 150 valence electrons. The van der Waals surface area contributed by atoms with Crippen LogP contribution in [0.15, 0.2) is 78.4 Å². The average Bonchev–Trinajstić information content (AvgIpc) is 2.78. The van der Waals surface area contributed by atoms with E-state index in [-0.39, 0.29) is 5.57 Å². The molecule has 0 spiro atoms. The van der Waals surface area contributed by atoms with E-state index in [4.69, 9.17) is 9.47 Å². The molecule has 0 aliphatic rings. The number of para-hydroxylation sites is 1. The number of rotatable bonds is 7. The van der Waals surface area contributed by atoms with Gasteiger partial charge in [-0.05, 0) is 64.1 Å². The molecule has 0 atom stereocenters. The van der Waals surface area contributed by atoms with Crippen LogP contribution in [-0.2, 0) is 11.4 Å². The van der Waals surface area contributed by atoms with Gasteiger partial charge in [0.05, 0.1) is 12.8 Å². The van der Waals surface area contributed by atoms with Crippen molar-refractivity contribution < 1.29 is 14.3 Å². The van der Waals surface area contributed by atoms with Crippen molar-refractivity contribution in [3.63, 3.8) is 0 Å². The Morgan fingerprint density at radius 3 is 2.50 bits per heavy atom. The Kier molecular flexibility index (Phi) is 7.46. The molecule has 0 bridgehead atoms. The summed E-state index contributed by atoms with van der Waals surface area (Å²) in [6, 6.07) is 24.4. The molecule has 1 amide bonds. The van der Waals surface area contributed by atoms with Crippen molar-refractivity contribution in [1.29, 1.82) is 5.26 Å². The highest BCUT2D eigenvalue weighted by Crippen LogP contribution is 2.30. The van der Waals surface area contributed by atoms with Crippen LogP contribution >= 0.6 is 22.6 Å². The van der Waals surface area contributed by atoms with Gasteiger partial charge in [-0.2, -0.15) is 5.26 Å². The van der Waals surface area contributed by atoms with Crippen LogP contribution in [0.1, 0.15) is 11.1 Å². The van der Waals surface area contributed by atoms with Gasteiger partial charge in [-0.1, -0.05) is 48.5 Å². The number of anilines is 1. The van der Waals surface area contributed by atoms with E-state index in [2.05, 4.69) is 27.9 Å². The zero-order valence-electron chi connectivity index (χ0n) is 16.3. The van der Waals surface area contributed by atoms with E-state index in [1.54, 1.807) is 31.4 Å². The number of nitriles is 1. The average molecular weight is 510 g/mol.